The number of carboxylic acids is 1. The molecule has 0 spiro atoms. The van der Waals surface area contributed by atoms with Crippen LogP contribution in [-0.2, 0) is 20.8 Å². The average molecular weight is 521 g/mol. The molecule has 11 heteroatoms. The number of nitrogens with zero attached hydrogens (tertiary/aromatic N) is 3. The Balaban J connectivity index is 1.63. The lowest BCUT2D eigenvalue weighted by Gasteiger charge is -2.31. The molecule has 2 aliphatic rings. The second kappa shape index (κ2) is 9.06. The molecule has 2 N–H and O–H groups in total. The number of imide groups is 1. The van der Waals surface area contributed by atoms with Crippen molar-refractivity contribution in [3.8, 4) is 0 Å². The number of hydrogen-bond acceptors (Lipinski definition) is 7. The number of nitrogens with one attached hydrogen (secondary N) is 1. The van der Waals surface area contributed by atoms with Crippen molar-refractivity contribution in [3.63, 3.8) is 0 Å². The van der Waals surface area contributed by atoms with E-state index in [-0.39, 0.29) is 17.8 Å². The molecule has 4 atom stereocenters. The highest BCUT2D eigenvalue weighted by molar-refractivity contribution is 6.32. The van der Waals surface area contributed by atoms with Crippen molar-refractivity contribution in [2.24, 2.45) is 11.8 Å². The van der Waals surface area contributed by atoms with E-state index >= 15 is 0 Å². The highest BCUT2D eigenvalue weighted by Crippen LogP contribution is 2.50. The van der Waals surface area contributed by atoms with Crippen molar-refractivity contribution in [2.75, 3.05) is 4.90 Å². The number of nitro benzene ring substituents is 1. The van der Waals surface area contributed by atoms with Crippen molar-refractivity contribution in [1.82, 2.24) is 10.3 Å². The van der Waals surface area contributed by atoms with Gasteiger partial charge >= 0.3 is 5.97 Å². The number of halogens is 1. The monoisotopic (exact) mass is 520 g/mol. The van der Waals surface area contributed by atoms with Crippen LogP contribution in [0.5, 0.6) is 0 Å². The number of anilines is 1. The number of pyridine rings is 1. The summed E-state index contributed by atoms with van der Waals surface area (Å²) >= 11 is 6.27. The van der Waals surface area contributed by atoms with E-state index in [0.29, 0.717) is 16.3 Å². The molecular weight excluding hydrogens is 500 g/mol. The number of nitro groups is 1. The van der Waals surface area contributed by atoms with Gasteiger partial charge in [0, 0.05) is 29.8 Å². The molecule has 0 aliphatic carbocycles. The number of carboxylic acid groups (broad SMARTS) is 1. The first-order chi connectivity index (χ1) is 17.6. The number of rotatable bonds is 6. The topological polar surface area (TPSA) is 143 Å². The van der Waals surface area contributed by atoms with Crippen LogP contribution in [0.1, 0.15) is 22.9 Å². The molecule has 2 aromatic carbocycles. The number of carbonyl (C=O) groups excluding carboxylic acids is 2. The van der Waals surface area contributed by atoms with Gasteiger partial charge in [0.25, 0.3) is 5.69 Å². The number of carbonyl (C=O) groups is 3. The Morgan fingerprint density at radius 3 is 2.49 bits per heavy atom. The van der Waals surface area contributed by atoms with Crippen LogP contribution < -0.4 is 10.2 Å². The number of aromatic nitrogens is 1. The summed E-state index contributed by atoms with van der Waals surface area (Å²) in [5, 5.41) is 25.0. The highest BCUT2D eigenvalue weighted by atomic mass is 35.5. The van der Waals surface area contributed by atoms with Gasteiger partial charge in [-0.05, 0) is 42.3 Å². The summed E-state index contributed by atoms with van der Waals surface area (Å²) in [5.41, 5.74) is -0.123. The van der Waals surface area contributed by atoms with Gasteiger partial charge in [-0.15, -0.1) is 0 Å². The first-order valence-electron chi connectivity index (χ1n) is 11.4. The quantitative estimate of drug-likeness (QED) is 0.286. The predicted molar refractivity (Wildman–Crippen MR) is 133 cm³/mol. The van der Waals surface area contributed by atoms with Gasteiger partial charge in [0.1, 0.15) is 5.54 Å². The summed E-state index contributed by atoms with van der Waals surface area (Å²) in [6, 6.07) is 14.5. The summed E-state index contributed by atoms with van der Waals surface area (Å²) < 4.78 is 0. The van der Waals surface area contributed by atoms with E-state index < -0.39 is 46.1 Å². The maximum atomic E-state index is 13.9. The second-order valence-electron chi connectivity index (χ2n) is 9.20. The fraction of sp³-hybridized carbons (Fsp3) is 0.231. The van der Waals surface area contributed by atoms with Gasteiger partial charge < -0.3 is 5.11 Å². The number of fused-ring (bicyclic) bond motifs is 1. The molecule has 2 fully saturated rings. The largest absolute Gasteiger partial charge is 0.480 e. The molecule has 2 saturated heterocycles. The standard InChI is InChI=1S/C26H21ClN4O6/c1-14-5-8-17(12-18(14)27)30-23(32)20-21(24(30)33)26(25(34)35,29-22(20)19-4-2-3-11-28-19)13-15-6-9-16(10-7-15)31(36)37/h2-12,20-22,29H,13H2,1H3,(H,34,35). The van der Waals surface area contributed by atoms with Crippen LogP contribution in [0, 0.1) is 28.9 Å². The van der Waals surface area contributed by atoms with Gasteiger partial charge in [-0.3, -0.25) is 34.8 Å². The molecule has 3 aromatic rings. The Kier molecular flexibility index (Phi) is 6.01. The van der Waals surface area contributed by atoms with Crippen LogP contribution in [0.15, 0.2) is 66.9 Å². The third-order valence-corrected chi connectivity index (χ3v) is 7.49. The maximum absolute atomic E-state index is 13.9. The number of aryl methyl sites for hydroxylation is 1. The molecule has 0 radical (unpaired) electrons. The highest BCUT2D eigenvalue weighted by Gasteiger charge is 2.69. The van der Waals surface area contributed by atoms with Gasteiger partial charge in [-0.1, -0.05) is 35.9 Å². The predicted octanol–water partition coefficient (Wildman–Crippen LogP) is 3.47. The molecule has 0 saturated carbocycles. The summed E-state index contributed by atoms with van der Waals surface area (Å²) in [6.45, 7) is 1.79. The maximum Gasteiger partial charge on any atom is 0.325 e. The van der Waals surface area contributed by atoms with Crippen LogP contribution in [0.2, 0.25) is 5.02 Å². The van der Waals surface area contributed by atoms with Crippen LogP contribution in [0.3, 0.4) is 0 Å². The molecule has 1 aromatic heterocycles. The summed E-state index contributed by atoms with van der Waals surface area (Å²) in [7, 11) is 0. The smallest absolute Gasteiger partial charge is 0.325 e. The zero-order valence-electron chi connectivity index (χ0n) is 19.5. The Labute approximate surface area is 216 Å². The van der Waals surface area contributed by atoms with Crippen molar-refractivity contribution in [3.05, 3.63) is 98.8 Å². The number of aliphatic carboxylic acids is 1. The first kappa shape index (κ1) is 24.5. The van der Waals surface area contributed by atoms with E-state index in [1.54, 1.807) is 37.3 Å². The van der Waals surface area contributed by atoms with Crippen molar-refractivity contribution < 1.29 is 24.4 Å². The molecular formula is C26H21ClN4O6. The second-order valence-corrected chi connectivity index (χ2v) is 9.61. The van der Waals surface area contributed by atoms with Gasteiger partial charge in [-0.25, -0.2) is 4.90 Å². The number of hydrogen-bond donors (Lipinski definition) is 2. The lowest BCUT2D eigenvalue weighted by Crippen LogP contribution is -2.57. The van der Waals surface area contributed by atoms with E-state index in [0.717, 1.165) is 10.5 Å². The summed E-state index contributed by atoms with van der Waals surface area (Å²) in [6.07, 6.45) is 1.34. The minimum absolute atomic E-state index is 0.147. The van der Waals surface area contributed by atoms with Gasteiger partial charge in [-0.2, -0.15) is 0 Å². The molecule has 3 heterocycles. The van der Waals surface area contributed by atoms with E-state index in [9.17, 15) is 29.6 Å². The number of benzene rings is 2. The van der Waals surface area contributed by atoms with Crippen molar-refractivity contribution in [2.45, 2.75) is 24.9 Å². The van der Waals surface area contributed by atoms with Crippen LogP contribution in [-0.4, -0.2) is 38.3 Å². The lowest BCUT2D eigenvalue weighted by molar-refractivity contribution is -0.384. The zero-order valence-corrected chi connectivity index (χ0v) is 20.3. The van der Waals surface area contributed by atoms with Crippen molar-refractivity contribution >= 4 is 40.8 Å². The lowest BCUT2D eigenvalue weighted by atomic mass is 9.76. The van der Waals surface area contributed by atoms with Crippen LogP contribution in [0.25, 0.3) is 0 Å². The number of amides is 2. The Morgan fingerprint density at radius 1 is 1.16 bits per heavy atom. The number of non-ortho nitro benzene ring substituents is 1. The van der Waals surface area contributed by atoms with E-state index in [1.807, 2.05) is 0 Å². The molecule has 0 bridgehead atoms. The molecule has 2 aliphatic heterocycles. The van der Waals surface area contributed by atoms with Gasteiger partial charge in [0.2, 0.25) is 11.8 Å². The Bertz CT molecular complexity index is 1430. The summed E-state index contributed by atoms with van der Waals surface area (Å²) in [5.74, 6) is -4.84. The minimum Gasteiger partial charge on any atom is -0.480 e. The van der Waals surface area contributed by atoms with E-state index in [4.69, 9.17) is 11.6 Å². The third-order valence-electron chi connectivity index (χ3n) is 7.09. The normalized spacial score (nSPS) is 24.8. The van der Waals surface area contributed by atoms with Crippen molar-refractivity contribution in [1.29, 1.82) is 0 Å². The van der Waals surface area contributed by atoms with Crippen LogP contribution >= 0.6 is 11.6 Å². The molecule has 10 nitrogen and oxygen atoms in total. The van der Waals surface area contributed by atoms with E-state index in [2.05, 4.69) is 10.3 Å². The molecule has 188 valence electrons. The van der Waals surface area contributed by atoms with Gasteiger partial charge in [0.15, 0.2) is 0 Å². The molecule has 5 rings (SSSR count). The summed E-state index contributed by atoms with van der Waals surface area (Å²) in [4.78, 5) is 56.4. The molecule has 4 unspecified atom stereocenters. The Hall–Kier alpha value is -4.15. The van der Waals surface area contributed by atoms with Crippen LogP contribution in [0.4, 0.5) is 11.4 Å². The SMILES string of the molecule is Cc1ccc(N2C(=O)C3C(c4ccccn4)NC(Cc4ccc([N+](=O)[O-])cc4)(C(=O)O)C3C2=O)cc1Cl. The molecule has 2 amide bonds. The van der Waals surface area contributed by atoms with Gasteiger partial charge in [0.05, 0.1) is 34.2 Å². The minimum atomic E-state index is -1.88. The average Bonchev–Trinajstić information content (AvgIpc) is 3.36. The fourth-order valence-electron chi connectivity index (χ4n) is 5.28. The van der Waals surface area contributed by atoms with E-state index in [1.165, 1.54) is 36.5 Å². The molecule has 37 heavy (non-hydrogen) atoms. The zero-order chi connectivity index (χ0) is 26.5. The fourth-order valence-corrected chi connectivity index (χ4v) is 5.46. The first-order valence-corrected chi connectivity index (χ1v) is 11.8. The third kappa shape index (κ3) is 3.94. The Morgan fingerprint density at radius 2 is 1.89 bits per heavy atom.